The van der Waals surface area contributed by atoms with Crippen LogP contribution in [-0.2, 0) is 29.7 Å². The summed E-state index contributed by atoms with van der Waals surface area (Å²) in [6.45, 7) is 6.23. The van der Waals surface area contributed by atoms with Crippen molar-refractivity contribution < 1.29 is 9.59 Å². The molecule has 4 rings (SSSR count). The first kappa shape index (κ1) is 25.0. The van der Waals surface area contributed by atoms with Crippen LogP contribution in [-0.4, -0.2) is 70.1 Å². The highest BCUT2D eigenvalue weighted by Gasteiger charge is 2.28. The van der Waals surface area contributed by atoms with Crippen LogP contribution in [0.15, 0.2) is 41.7 Å². The van der Waals surface area contributed by atoms with Gasteiger partial charge in [0.1, 0.15) is 6.54 Å². The Morgan fingerprint density at radius 2 is 1.85 bits per heavy atom. The third kappa shape index (κ3) is 6.04. The number of aliphatic imine (C=N–C) groups is 1. The number of halogens is 1. The van der Waals surface area contributed by atoms with Crippen LogP contribution in [0.25, 0.3) is 0 Å². The van der Waals surface area contributed by atoms with Crippen molar-refractivity contribution in [3.05, 3.63) is 47.8 Å². The van der Waals surface area contributed by atoms with Crippen LogP contribution >= 0.6 is 24.0 Å². The van der Waals surface area contributed by atoms with Crippen molar-refractivity contribution >= 4 is 47.4 Å². The van der Waals surface area contributed by atoms with E-state index in [0.717, 1.165) is 18.2 Å². The summed E-state index contributed by atoms with van der Waals surface area (Å²) in [5, 5.41) is 7.44. The molecule has 0 atom stereocenters. The van der Waals surface area contributed by atoms with Gasteiger partial charge in [-0.1, -0.05) is 24.3 Å². The number of anilines is 1. The number of benzene rings is 1. The Labute approximate surface area is 211 Å². The minimum atomic E-state index is 0. The van der Waals surface area contributed by atoms with Crippen molar-refractivity contribution in [1.82, 2.24) is 24.9 Å². The molecule has 0 aliphatic carbocycles. The molecule has 33 heavy (non-hydrogen) atoms. The largest absolute Gasteiger partial charge is 0.357 e. The van der Waals surface area contributed by atoms with E-state index in [1.54, 1.807) is 15.8 Å². The first-order valence-corrected chi connectivity index (χ1v) is 11.2. The van der Waals surface area contributed by atoms with Gasteiger partial charge in [0.15, 0.2) is 5.96 Å². The number of hydrogen-bond donors (Lipinski definition) is 1. The molecule has 1 N–H and O–H groups in total. The Morgan fingerprint density at radius 3 is 2.45 bits per heavy atom. The fraction of sp³-hybridized carbons (Fsp3) is 0.478. The van der Waals surface area contributed by atoms with Crippen molar-refractivity contribution in [2.24, 2.45) is 12.0 Å². The Morgan fingerprint density at radius 1 is 1.12 bits per heavy atom. The number of nitrogens with one attached hydrogen (secondary N) is 1. The maximum absolute atomic E-state index is 12.7. The van der Waals surface area contributed by atoms with Crippen LogP contribution in [0.2, 0.25) is 0 Å². The Bertz CT molecular complexity index is 981. The summed E-state index contributed by atoms with van der Waals surface area (Å²) in [6.07, 6.45) is 4.72. The molecule has 1 aromatic heterocycles. The zero-order valence-electron chi connectivity index (χ0n) is 19.2. The van der Waals surface area contributed by atoms with E-state index in [-0.39, 0.29) is 42.3 Å². The number of aryl methyl sites for hydroxylation is 1. The fourth-order valence-electron chi connectivity index (χ4n) is 4.18. The molecule has 1 aromatic carbocycles. The monoisotopic (exact) mass is 565 g/mol. The zero-order chi connectivity index (χ0) is 22.5. The van der Waals surface area contributed by atoms with Gasteiger partial charge in [-0.3, -0.25) is 19.3 Å². The molecule has 9 nitrogen and oxygen atoms in total. The number of hydrogen-bond acceptors (Lipinski definition) is 4. The van der Waals surface area contributed by atoms with E-state index in [4.69, 9.17) is 0 Å². The topological polar surface area (TPSA) is 86.1 Å². The summed E-state index contributed by atoms with van der Waals surface area (Å²) in [7, 11) is 1.84. The molecule has 2 amide bonds. The van der Waals surface area contributed by atoms with Crippen LogP contribution in [0, 0.1) is 0 Å². The predicted octanol–water partition coefficient (Wildman–Crippen LogP) is 1.97. The van der Waals surface area contributed by atoms with E-state index < -0.39 is 0 Å². The van der Waals surface area contributed by atoms with Gasteiger partial charge in [-0.05, 0) is 24.5 Å². The van der Waals surface area contributed by atoms with Crippen LogP contribution in [0.1, 0.15) is 30.9 Å². The van der Waals surface area contributed by atoms with E-state index in [9.17, 15) is 9.59 Å². The van der Waals surface area contributed by atoms with Crippen LogP contribution < -0.4 is 10.2 Å². The molecular weight excluding hydrogens is 533 g/mol. The quantitative estimate of drug-likeness (QED) is 0.251. The average Bonchev–Trinajstić information content (AvgIpc) is 3.42. The molecule has 3 heterocycles. The van der Waals surface area contributed by atoms with Crippen molar-refractivity contribution in [3.63, 3.8) is 0 Å². The van der Waals surface area contributed by atoms with Crippen LogP contribution in [0.3, 0.4) is 0 Å². The summed E-state index contributed by atoms with van der Waals surface area (Å²) >= 11 is 0. The summed E-state index contributed by atoms with van der Waals surface area (Å²) < 4.78 is 1.70. The molecule has 0 radical (unpaired) electrons. The zero-order valence-corrected chi connectivity index (χ0v) is 21.6. The molecule has 0 spiro atoms. The standard InChI is InChI=1S/C23H31N7O2.HI/c1-3-24-23(28-11-12-30(22(32)17-28)20-13-26-27(2)16-20)25-10-6-9-21(31)29-14-18-7-4-5-8-19(18)15-29;/h4-5,7-8,13,16H,3,6,9-12,14-15,17H2,1-2H3,(H,24,25);1H. The second kappa shape index (κ2) is 11.5. The molecule has 0 unspecified atom stereocenters. The highest BCUT2D eigenvalue weighted by atomic mass is 127. The summed E-state index contributed by atoms with van der Waals surface area (Å²) in [5.74, 6) is 0.924. The number of piperazine rings is 1. The summed E-state index contributed by atoms with van der Waals surface area (Å²) in [4.78, 5) is 35.6. The maximum atomic E-state index is 12.7. The van der Waals surface area contributed by atoms with Crippen molar-refractivity contribution in [2.45, 2.75) is 32.9 Å². The van der Waals surface area contributed by atoms with E-state index in [0.29, 0.717) is 45.6 Å². The molecule has 2 aromatic rings. The third-order valence-electron chi connectivity index (χ3n) is 5.86. The number of carbonyl (C=O) groups is 2. The molecule has 0 saturated carbocycles. The SMILES string of the molecule is CCNC(=NCCCC(=O)N1Cc2ccccc2C1)N1CCN(c2cnn(C)c2)C(=O)C1.I. The molecule has 1 fully saturated rings. The number of fused-ring (bicyclic) bond motifs is 1. The van der Waals surface area contributed by atoms with Gasteiger partial charge in [0.05, 0.1) is 11.9 Å². The van der Waals surface area contributed by atoms with Gasteiger partial charge in [0, 0.05) is 58.9 Å². The first-order valence-electron chi connectivity index (χ1n) is 11.2. The molecule has 2 aliphatic rings. The smallest absolute Gasteiger partial charge is 0.246 e. The molecule has 2 aliphatic heterocycles. The number of aromatic nitrogens is 2. The normalized spacial score (nSPS) is 16.0. The van der Waals surface area contributed by atoms with Gasteiger partial charge in [-0.25, -0.2) is 0 Å². The van der Waals surface area contributed by atoms with Gasteiger partial charge in [-0.2, -0.15) is 5.10 Å². The predicted molar refractivity (Wildman–Crippen MR) is 138 cm³/mol. The Hall–Kier alpha value is -2.63. The van der Waals surface area contributed by atoms with E-state index in [1.165, 1.54) is 11.1 Å². The van der Waals surface area contributed by atoms with E-state index >= 15 is 0 Å². The van der Waals surface area contributed by atoms with Crippen molar-refractivity contribution in [1.29, 1.82) is 0 Å². The fourth-order valence-corrected chi connectivity index (χ4v) is 4.18. The lowest BCUT2D eigenvalue weighted by atomic mass is 10.1. The molecule has 10 heteroatoms. The first-order chi connectivity index (χ1) is 15.5. The maximum Gasteiger partial charge on any atom is 0.246 e. The van der Waals surface area contributed by atoms with Gasteiger partial charge in [-0.15, -0.1) is 24.0 Å². The van der Waals surface area contributed by atoms with E-state index in [2.05, 4.69) is 27.5 Å². The highest BCUT2D eigenvalue weighted by molar-refractivity contribution is 14.0. The summed E-state index contributed by atoms with van der Waals surface area (Å²) in [5.41, 5.74) is 3.30. The highest BCUT2D eigenvalue weighted by Crippen LogP contribution is 2.23. The lowest BCUT2D eigenvalue weighted by Crippen LogP contribution is -2.55. The second-order valence-corrected chi connectivity index (χ2v) is 8.20. The Balaban J connectivity index is 0.00000306. The number of rotatable bonds is 6. The molecule has 178 valence electrons. The minimum absolute atomic E-state index is 0. The van der Waals surface area contributed by atoms with Gasteiger partial charge in [0.25, 0.3) is 0 Å². The van der Waals surface area contributed by atoms with Crippen molar-refractivity contribution in [2.75, 3.05) is 37.6 Å². The average molecular weight is 565 g/mol. The van der Waals surface area contributed by atoms with Gasteiger partial charge in [0.2, 0.25) is 11.8 Å². The lowest BCUT2D eigenvalue weighted by molar-refractivity contribution is -0.131. The number of guanidine groups is 1. The van der Waals surface area contributed by atoms with Crippen molar-refractivity contribution in [3.8, 4) is 0 Å². The number of nitrogens with zero attached hydrogens (tertiary/aromatic N) is 6. The third-order valence-corrected chi connectivity index (χ3v) is 5.86. The minimum Gasteiger partial charge on any atom is -0.357 e. The number of amides is 2. The second-order valence-electron chi connectivity index (χ2n) is 8.20. The molecule has 1 saturated heterocycles. The molecular formula is C23H32IN7O2. The number of carbonyl (C=O) groups excluding carboxylic acids is 2. The Kier molecular flexibility index (Phi) is 8.70. The molecule has 0 bridgehead atoms. The van der Waals surface area contributed by atoms with Crippen LogP contribution in [0.5, 0.6) is 0 Å². The van der Waals surface area contributed by atoms with E-state index in [1.807, 2.05) is 42.1 Å². The van der Waals surface area contributed by atoms with Gasteiger partial charge >= 0.3 is 0 Å². The summed E-state index contributed by atoms with van der Waals surface area (Å²) in [6, 6.07) is 8.21. The van der Waals surface area contributed by atoms with Crippen LogP contribution in [0.4, 0.5) is 5.69 Å². The lowest BCUT2D eigenvalue weighted by Gasteiger charge is -2.35. The van der Waals surface area contributed by atoms with Gasteiger partial charge < -0.3 is 20.0 Å².